The van der Waals surface area contributed by atoms with Crippen LogP contribution >= 0.6 is 0 Å². The molecule has 1 saturated heterocycles. The summed E-state index contributed by atoms with van der Waals surface area (Å²) in [6, 6.07) is 7.72. The maximum absolute atomic E-state index is 13.5. The monoisotopic (exact) mass is 526 g/mol. The summed E-state index contributed by atoms with van der Waals surface area (Å²) < 4.78 is 0. The fourth-order valence-corrected chi connectivity index (χ4v) is 4.82. The van der Waals surface area contributed by atoms with Crippen LogP contribution in [0, 0.1) is 11.3 Å². The standard InChI is InChI=1S/C29H42N4O5/c1-5-18(19-9-7-6-8-10-19)16-24(34)32-23(17-29(2,3)4)27(37)33-22(15-20-13-14-30-26(20)36)25(35)28(38)31-21-11-12-21/h6-10,18,20-23H,5,11-17H2,1-4H3,(H,30,36)(H,31,38)(H,32,34)(H,33,37)/t18?,20?,22?,23-/m0/s1. The van der Waals surface area contributed by atoms with Crippen molar-refractivity contribution in [2.75, 3.05) is 6.54 Å². The Kier molecular flexibility index (Phi) is 10.1. The smallest absolute Gasteiger partial charge is 0.289 e. The van der Waals surface area contributed by atoms with Crippen LogP contribution in [0.5, 0.6) is 0 Å². The molecule has 0 spiro atoms. The van der Waals surface area contributed by atoms with E-state index in [-0.39, 0.29) is 42.0 Å². The van der Waals surface area contributed by atoms with E-state index < -0.39 is 35.6 Å². The van der Waals surface area contributed by atoms with E-state index in [9.17, 15) is 24.0 Å². The summed E-state index contributed by atoms with van der Waals surface area (Å²) >= 11 is 0. The maximum atomic E-state index is 13.5. The summed E-state index contributed by atoms with van der Waals surface area (Å²) in [5.41, 5.74) is 0.761. The average Bonchev–Trinajstić information content (AvgIpc) is 3.59. The van der Waals surface area contributed by atoms with Gasteiger partial charge in [-0.1, -0.05) is 58.0 Å². The van der Waals surface area contributed by atoms with Gasteiger partial charge < -0.3 is 21.3 Å². The number of carbonyl (C=O) groups is 5. The highest BCUT2D eigenvalue weighted by molar-refractivity contribution is 6.38. The fraction of sp³-hybridized carbons (Fsp3) is 0.621. The highest BCUT2D eigenvalue weighted by Crippen LogP contribution is 2.25. The molecule has 208 valence electrons. The Morgan fingerprint density at radius 1 is 1.00 bits per heavy atom. The Hall–Kier alpha value is -3.23. The lowest BCUT2D eigenvalue weighted by Gasteiger charge is -2.28. The molecule has 1 aliphatic carbocycles. The molecule has 3 rings (SSSR count). The van der Waals surface area contributed by atoms with Crippen molar-refractivity contribution < 1.29 is 24.0 Å². The molecule has 2 aliphatic rings. The van der Waals surface area contributed by atoms with Crippen LogP contribution in [0.15, 0.2) is 30.3 Å². The van der Waals surface area contributed by atoms with Gasteiger partial charge in [0.05, 0.1) is 6.04 Å². The Morgan fingerprint density at radius 2 is 1.68 bits per heavy atom. The molecule has 1 aromatic rings. The zero-order valence-corrected chi connectivity index (χ0v) is 23.0. The molecule has 1 aliphatic heterocycles. The van der Waals surface area contributed by atoms with Crippen molar-refractivity contribution in [3.8, 4) is 0 Å². The van der Waals surface area contributed by atoms with E-state index in [4.69, 9.17) is 0 Å². The third-order valence-corrected chi connectivity index (χ3v) is 7.12. The number of hydrogen-bond acceptors (Lipinski definition) is 5. The van der Waals surface area contributed by atoms with E-state index in [0.717, 1.165) is 24.8 Å². The quantitative estimate of drug-likeness (QED) is 0.293. The molecule has 1 saturated carbocycles. The normalized spacial score (nSPS) is 19.6. The molecule has 4 N–H and O–H groups in total. The summed E-state index contributed by atoms with van der Waals surface area (Å²) in [5.74, 6) is -2.94. The number of hydrogen-bond donors (Lipinski definition) is 4. The van der Waals surface area contributed by atoms with Crippen molar-refractivity contribution in [1.29, 1.82) is 0 Å². The van der Waals surface area contributed by atoms with Crippen molar-refractivity contribution in [2.45, 2.75) is 96.7 Å². The van der Waals surface area contributed by atoms with Gasteiger partial charge in [-0.15, -0.1) is 0 Å². The summed E-state index contributed by atoms with van der Waals surface area (Å²) in [7, 11) is 0. The predicted octanol–water partition coefficient (Wildman–Crippen LogP) is 2.35. The van der Waals surface area contributed by atoms with E-state index >= 15 is 0 Å². The van der Waals surface area contributed by atoms with Crippen LogP contribution in [-0.2, 0) is 24.0 Å². The van der Waals surface area contributed by atoms with Crippen LogP contribution in [0.3, 0.4) is 0 Å². The molecule has 2 fully saturated rings. The number of nitrogens with one attached hydrogen (secondary N) is 4. The molecule has 9 nitrogen and oxygen atoms in total. The average molecular weight is 527 g/mol. The molecule has 38 heavy (non-hydrogen) atoms. The lowest BCUT2D eigenvalue weighted by atomic mass is 9.87. The summed E-state index contributed by atoms with van der Waals surface area (Å²) in [6.45, 7) is 8.41. The molecule has 1 heterocycles. The van der Waals surface area contributed by atoms with Crippen LogP contribution < -0.4 is 21.3 Å². The van der Waals surface area contributed by atoms with Gasteiger partial charge in [0.25, 0.3) is 5.91 Å². The topological polar surface area (TPSA) is 133 Å². The molecule has 0 aromatic heterocycles. The molecule has 0 bridgehead atoms. The summed E-state index contributed by atoms with van der Waals surface area (Å²) in [4.78, 5) is 64.4. The molecule has 9 heteroatoms. The molecule has 0 radical (unpaired) electrons. The second-order valence-corrected chi connectivity index (χ2v) is 11.8. The molecule has 3 unspecified atom stereocenters. The van der Waals surface area contributed by atoms with Crippen molar-refractivity contribution in [3.05, 3.63) is 35.9 Å². The van der Waals surface area contributed by atoms with E-state index in [1.165, 1.54) is 0 Å². The Bertz CT molecular complexity index is 1020. The Labute approximate surface area is 225 Å². The lowest BCUT2D eigenvalue weighted by Crippen LogP contribution is -2.55. The minimum Gasteiger partial charge on any atom is -0.356 e. The molecule has 4 amide bonds. The van der Waals surface area contributed by atoms with E-state index in [2.05, 4.69) is 21.3 Å². The maximum Gasteiger partial charge on any atom is 0.289 e. The first-order valence-electron chi connectivity index (χ1n) is 13.7. The van der Waals surface area contributed by atoms with Gasteiger partial charge in [-0.05, 0) is 55.4 Å². The highest BCUT2D eigenvalue weighted by atomic mass is 16.2. The van der Waals surface area contributed by atoms with Gasteiger partial charge in [0, 0.05) is 24.9 Å². The number of rotatable bonds is 13. The molecular weight excluding hydrogens is 484 g/mol. The summed E-state index contributed by atoms with van der Waals surface area (Å²) in [5, 5.41) is 11.0. The minimum atomic E-state index is -1.15. The molecule has 1 aromatic carbocycles. The Balaban J connectivity index is 1.72. The fourth-order valence-electron chi connectivity index (χ4n) is 4.82. The van der Waals surface area contributed by atoms with Gasteiger partial charge in [-0.3, -0.25) is 24.0 Å². The third-order valence-electron chi connectivity index (χ3n) is 7.12. The zero-order chi connectivity index (χ0) is 27.9. The number of carbonyl (C=O) groups excluding carboxylic acids is 5. The van der Waals surface area contributed by atoms with Crippen molar-refractivity contribution >= 4 is 29.4 Å². The van der Waals surface area contributed by atoms with Gasteiger partial charge in [-0.2, -0.15) is 0 Å². The van der Waals surface area contributed by atoms with Crippen molar-refractivity contribution in [3.63, 3.8) is 0 Å². The zero-order valence-electron chi connectivity index (χ0n) is 23.0. The third kappa shape index (κ3) is 8.96. The first kappa shape index (κ1) is 29.3. The Morgan fingerprint density at radius 3 is 2.24 bits per heavy atom. The number of ketones is 1. The van der Waals surface area contributed by atoms with Crippen molar-refractivity contribution in [2.24, 2.45) is 11.3 Å². The predicted molar refractivity (Wildman–Crippen MR) is 144 cm³/mol. The minimum absolute atomic E-state index is 0.0101. The van der Waals surface area contributed by atoms with Gasteiger partial charge >= 0.3 is 0 Å². The van der Waals surface area contributed by atoms with E-state index in [0.29, 0.717) is 19.4 Å². The van der Waals surface area contributed by atoms with E-state index in [1.54, 1.807) is 0 Å². The van der Waals surface area contributed by atoms with Crippen LogP contribution in [0.1, 0.15) is 84.1 Å². The molecular formula is C29H42N4O5. The second-order valence-electron chi connectivity index (χ2n) is 11.8. The molecule has 4 atom stereocenters. The lowest BCUT2D eigenvalue weighted by molar-refractivity contribution is -0.141. The van der Waals surface area contributed by atoms with Crippen LogP contribution in [0.4, 0.5) is 0 Å². The largest absolute Gasteiger partial charge is 0.356 e. The first-order chi connectivity index (χ1) is 18.0. The van der Waals surface area contributed by atoms with Gasteiger partial charge in [0.15, 0.2) is 0 Å². The SMILES string of the molecule is CCC(CC(=O)N[C@@H](CC(C)(C)C)C(=O)NC(CC1CCNC1=O)C(=O)C(=O)NC1CC1)c1ccccc1. The van der Waals surface area contributed by atoms with E-state index in [1.807, 2.05) is 58.0 Å². The first-order valence-corrected chi connectivity index (χ1v) is 13.7. The van der Waals surface area contributed by atoms with Gasteiger partial charge in [-0.25, -0.2) is 0 Å². The number of Topliss-reactive ketones (excluding diaryl/α,β-unsaturated/α-hetero) is 1. The highest BCUT2D eigenvalue weighted by Gasteiger charge is 2.37. The van der Waals surface area contributed by atoms with Gasteiger partial charge in [0.2, 0.25) is 23.5 Å². The van der Waals surface area contributed by atoms with Crippen LogP contribution in [0.25, 0.3) is 0 Å². The summed E-state index contributed by atoms with van der Waals surface area (Å²) in [6.07, 6.45) is 3.54. The van der Waals surface area contributed by atoms with Gasteiger partial charge in [0.1, 0.15) is 6.04 Å². The van der Waals surface area contributed by atoms with Crippen LogP contribution in [0.2, 0.25) is 0 Å². The second kappa shape index (κ2) is 13.0. The van der Waals surface area contributed by atoms with Crippen molar-refractivity contribution in [1.82, 2.24) is 21.3 Å². The number of amides is 4. The number of benzene rings is 1. The van der Waals surface area contributed by atoms with Crippen LogP contribution in [-0.4, -0.2) is 54.1 Å².